The number of aromatic nitrogens is 2. The van der Waals surface area contributed by atoms with E-state index in [-0.39, 0.29) is 6.54 Å². The van der Waals surface area contributed by atoms with Crippen LogP contribution in [0.3, 0.4) is 0 Å². The molecule has 7 nitrogen and oxygen atoms in total. The first-order valence-electron chi connectivity index (χ1n) is 6.03. The van der Waals surface area contributed by atoms with Crippen molar-refractivity contribution in [2.75, 3.05) is 37.6 Å². The fourth-order valence-electron chi connectivity index (χ4n) is 2.05. The largest absolute Gasteiger partial charge is 0.480 e. The predicted octanol–water partition coefficient (Wildman–Crippen LogP) is -0.137. The van der Waals surface area contributed by atoms with E-state index in [2.05, 4.69) is 9.97 Å². The van der Waals surface area contributed by atoms with Crippen molar-refractivity contribution in [1.82, 2.24) is 14.9 Å². The minimum atomic E-state index is -0.813. The maximum atomic E-state index is 10.6. The molecule has 1 aliphatic rings. The van der Waals surface area contributed by atoms with Crippen LogP contribution in [0.1, 0.15) is 11.4 Å². The number of piperazine rings is 1. The Labute approximate surface area is 111 Å². The molecule has 7 heteroatoms. The Balaban J connectivity index is 2.03. The molecular weight excluding hydrogens is 246 g/mol. The monoisotopic (exact) mass is 261 g/mol. The third-order valence-corrected chi connectivity index (χ3v) is 2.97. The summed E-state index contributed by atoms with van der Waals surface area (Å²) in [4.78, 5) is 23.0. The van der Waals surface area contributed by atoms with E-state index in [4.69, 9.17) is 10.4 Å². The zero-order valence-corrected chi connectivity index (χ0v) is 10.7. The van der Waals surface area contributed by atoms with Crippen molar-refractivity contribution < 1.29 is 9.90 Å². The Kier molecular flexibility index (Phi) is 3.92. The van der Waals surface area contributed by atoms with E-state index in [1.807, 2.05) is 22.8 Å². The third kappa shape index (κ3) is 3.39. The molecule has 1 aromatic rings. The smallest absolute Gasteiger partial charge is 0.317 e. The van der Waals surface area contributed by atoms with Crippen LogP contribution in [0.5, 0.6) is 0 Å². The van der Waals surface area contributed by atoms with E-state index in [0.29, 0.717) is 37.8 Å². The van der Waals surface area contributed by atoms with Gasteiger partial charge in [-0.2, -0.15) is 5.26 Å². The van der Waals surface area contributed by atoms with Gasteiger partial charge in [-0.1, -0.05) is 0 Å². The SMILES string of the molecule is Cc1cc(C#N)nc(N2CCN(CC(=O)O)CC2)n1. The summed E-state index contributed by atoms with van der Waals surface area (Å²) in [6.45, 7) is 4.54. The standard InChI is InChI=1S/C12H15N5O2/c1-9-6-10(7-13)15-12(14-9)17-4-2-16(3-5-17)8-11(18)19/h6H,2-5,8H2,1H3,(H,18,19). The van der Waals surface area contributed by atoms with Crippen LogP contribution in [0, 0.1) is 18.3 Å². The van der Waals surface area contributed by atoms with E-state index in [0.717, 1.165) is 5.69 Å². The van der Waals surface area contributed by atoms with Gasteiger partial charge in [0.1, 0.15) is 11.8 Å². The number of carboxylic acid groups (broad SMARTS) is 1. The van der Waals surface area contributed by atoms with Crippen molar-refractivity contribution in [3.8, 4) is 6.07 Å². The Hall–Kier alpha value is -2.20. The first kappa shape index (κ1) is 13.2. The topological polar surface area (TPSA) is 93.4 Å². The summed E-state index contributed by atoms with van der Waals surface area (Å²) >= 11 is 0. The van der Waals surface area contributed by atoms with Gasteiger partial charge >= 0.3 is 5.97 Å². The maximum absolute atomic E-state index is 10.6. The summed E-state index contributed by atoms with van der Waals surface area (Å²) in [7, 11) is 0. The number of nitriles is 1. The molecule has 1 aromatic heterocycles. The molecule has 0 saturated carbocycles. The van der Waals surface area contributed by atoms with E-state index in [9.17, 15) is 4.79 Å². The Morgan fingerprint density at radius 3 is 2.68 bits per heavy atom. The lowest BCUT2D eigenvalue weighted by Gasteiger charge is -2.33. The normalized spacial score (nSPS) is 16.1. The van der Waals surface area contributed by atoms with Crippen molar-refractivity contribution >= 4 is 11.9 Å². The second-order valence-corrected chi connectivity index (χ2v) is 4.46. The molecule has 19 heavy (non-hydrogen) atoms. The summed E-state index contributed by atoms with van der Waals surface area (Å²) in [5.74, 6) is -0.265. The molecule has 1 aliphatic heterocycles. The highest BCUT2D eigenvalue weighted by molar-refractivity contribution is 5.69. The highest BCUT2D eigenvalue weighted by Crippen LogP contribution is 2.12. The van der Waals surface area contributed by atoms with Crippen LogP contribution in [-0.2, 0) is 4.79 Å². The van der Waals surface area contributed by atoms with Gasteiger partial charge in [-0.15, -0.1) is 0 Å². The number of hydrogen-bond donors (Lipinski definition) is 1. The minimum absolute atomic E-state index is 0.0615. The number of nitrogens with zero attached hydrogens (tertiary/aromatic N) is 5. The van der Waals surface area contributed by atoms with Crippen molar-refractivity contribution in [3.05, 3.63) is 17.5 Å². The van der Waals surface area contributed by atoms with Crippen molar-refractivity contribution in [2.45, 2.75) is 6.92 Å². The van der Waals surface area contributed by atoms with Gasteiger partial charge < -0.3 is 10.0 Å². The summed E-state index contributed by atoms with van der Waals surface area (Å²) < 4.78 is 0. The van der Waals surface area contributed by atoms with Gasteiger partial charge in [0.2, 0.25) is 5.95 Å². The molecule has 0 spiro atoms. The summed E-state index contributed by atoms with van der Waals surface area (Å²) in [5.41, 5.74) is 1.12. The molecule has 0 aromatic carbocycles. The quantitative estimate of drug-likeness (QED) is 0.809. The Morgan fingerprint density at radius 1 is 1.42 bits per heavy atom. The number of anilines is 1. The molecule has 1 fully saturated rings. The van der Waals surface area contributed by atoms with Crippen LogP contribution in [0.25, 0.3) is 0 Å². The molecule has 1 N–H and O–H groups in total. The lowest BCUT2D eigenvalue weighted by Crippen LogP contribution is -2.48. The predicted molar refractivity (Wildman–Crippen MR) is 67.8 cm³/mol. The molecule has 100 valence electrons. The number of carbonyl (C=O) groups is 1. The molecule has 2 rings (SSSR count). The highest BCUT2D eigenvalue weighted by Gasteiger charge is 2.20. The average Bonchev–Trinajstić information content (AvgIpc) is 2.38. The molecule has 0 radical (unpaired) electrons. The second kappa shape index (κ2) is 5.63. The van der Waals surface area contributed by atoms with E-state index >= 15 is 0 Å². The first-order chi connectivity index (χ1) is 9.08. The fraction of sp³-hybridized carbons (Fsp3) is 0.500. The van der Waals surface area contributed by atoms with Gasteiger partial charge in [0.05, 0.1) is 6.54 Å². The van der Waals surface area contributed by atoms with E-state index in [1.165, 1.54) is 0 Å². The molecule has 0 atom stereocenters. The van der Waals surface area contributed by atoms with Gasteiger partial charge in [-0.3, -0.25) is 9.69 Å². The molecule has 1 saturated heterocycles. The highest BCUT2D eigenvalue weighted by atomic mass is 16.4. The maximum Gasteiger partial charge on any atom is 0.317 e. The van der Waals surface area contributed by atoms with Crippen molar-refractivity contribution in [3.63, 3.8) is 0 Å². The minimum Gasteiger partial charge on any atom is -0.480 e. The number of carboxylic acids is 1. The molecule has 0 unspecified atom stereocenters. The lowest BCUT2D eigenvalue weighted by atomic mass is 10.3. The van der Waals surface area contributed by atoms with Crippen LogP contribution < -0.4 is 4.90 Å². The summed E-state index contributed by atoms with van der Waals surface area (Å²) in [5, 5.41) is 17.6. The number of hydrogen-bond acceptors (Lipinski definition) is 6. The summed E-state index contributed by atoms with van der Waals surface area (Å²) in [6.07, 6.45) is 0. The van der Waals surface area contributed by atoms with Gasteiger partial charge in [-0.05, 0) is 13.0 Å². The molecule has 0 bridgehead atoms. The molecule has 2 heterocycles. The number of rotatable bonds is 3. The van der Waals surface area contributed by atoms with Gasteiger partial charge in [0, 0.05) is 31.9 Å². The Morgan fingerprint density at radius 2 is 2.11 bits per heavy atom. The van der Waals surface area contributed by atoms with Crippen LogP contribution in [0.15, 0.2) is 6.07 Å². The Bertz CT molecular complexity index is 517. The third-order valence-electron chi connectivity index (χ3n) is 2.97. The summed E-state index contributed by atoms with van der Waals surface area (Å²) in [6, 6.07) is 3.66. The zero-order valence-electron chi connectivity index (χ0n) is 10.7. The van der Waals surface area contributed by atoms with Crippen LogP contribution >= 0.6 is 0 Å². The molecular formula is C12H15N5O2. The number of aliphatic carboxylic acids is 1. The molecule has 0 aliphatic carbocycles. The van der Waals surface area contributed by atoms with Gasteiger partial charge in [0.15, 0.2) is 0 Å². The van der Waals surface area contributed by atoms with E-state index < -0.39 is 5.97 Å². The van der Waals surface area contributed by atoms with Crippen LogP contribution in [0.4, 0.5) is 5.95 Å². The zero-order chi connectivity index (χ0) is 13.8. The second-order valence-electron chi connectivity index (χ2n) is 4.46. The number of aryl methyl sites for hydroxylation is 1. The van der Waals surface area contributed by atoms with Crippen molar-refractivity contribution in [2.24, 2.45) is 0 Å². The van der Waals surface area contributed by atoms with E-state index in [1.54, 1.807) is 6.07 Å². The fourth-order valence-corrected chi connectivity index (χ4v) is 2.05. The first-order valence-corrected chi connectivity index (χ1v) is 6.03. The van der Waals surface area contributed by atoms with Gasteiger partial charge in [0.25, 0.3) is 0 Å². The lowest BCUT2D eigenvalue weighted by molar-refractivity contribution is -0.138. The van der Waals surface area contributed by atoms with Crippen LogP contribution in [0.2, 0.25) is 0 Å². The average molecular weight is 261 g/mol. The van der Waals surface area contributed by atoms with Crippen LogP contribution in [-0.4, -0.2) is 58.7 Å². The van der Waals surface area contributed by atoms with Gasteiger partial charge in [-0.25, -0.2) is 9.97 Å². The molecule has 0 amide bonds. The van der Waals surface area contributed by atoms with Crippen molar-refractivity contribution in [1.29, 1.82) is 5.26 Å².